The van der Waals surface area contributed by atoms with Gasteiger partial charge in [-0.1, -0.05) is 43.2 Å². The molecule has 1 N–H and O–H groups in total. The summed E-state index contributed by atoms with van der Waals surface area (Å²) in [6, 6.07) is 10.5. The molecule has 1 saturated carbocycles. The van der Waals surface area contributed by atoms with Gasteiger partial charge >= 0.3 is 0 Å². The fraction of sp³-hybridized carbons (Fsp3) is 0.609. The number of carbonyl (C=O) groups is 3. The van der Waals surface area contributed by atoms with Crippen LogP contribution in [0.5, 0.6) is 0 Å². The molecule has 0 bridgehead atoms. The summed E-state index contributed by atoms with van der Waals surface area (Å²) in [6.45, 7) is 2.86. The molecule has 2 saturated heterocycles. The molecule has 3 atom stereocenters. The van der Waals surface area contributed by atoms with Gasteiger partial charge in [0.05, 0.1) is 17.9 Å². The third kappa shape index (κ3) is 4.37. The van der Waals surface area contributed by atoms with Crippen molar-refractivity contribution in [3.05, 3.63) is 35.9 Å². The van der Waals surface area contributed by atoms with Crippen molar-refractivity contribution in [2.75, 3.05) is 26.2 Å². The van der Waals surface area contributed by atoms with Gasteiger partial charge in [0.15, 0.2) is 0 Å². The molecule has 1 aromatic carbocycles. The lowest BCUT2D eigenvalue weighted by Crippen LogP contribution is -2.39. The Bertz CT molecular complexity index is 721. The molecule has 3 amide bonds. The van der Waals surface area contributed by atoms with E-state index in [2.05, 4.69) is 22.3 Å². The topological polar surface area (TPSA) is 69.7 Å². The molecule has 29 heavy (non-hydrogen) atoms. The number of amides is 3. The summed E-state index contributed by atoms with van der Waals surface area (Å²) in [5, 5.41) is 3.04. The molecular weight excluding hydrogens is 366 g/mol. The molecule has 156 valence electrons. The van der Waals surface area contributed by atoms with Gasteiger partial charge in [-0.25, -0.2) is 0 Å². The summed E-state index contributed by atoms with van der Waals surface area (Å²) in [5.74, 6) is -0.507. The van der Waals surface area contributed by atoms with Crippen LogP contribution in [0.2, 0.25) is 0 Å². The summed E-state index contributed by atoms with van der Waals surface area (Å²) in [6.07, 6.45) is 6.23. The molecule has 2 aliphatic heterocycles. The van der Waals surface area contributed by atoms with E-state index in [9.17, 15) is 14.4 Å². The zero-order valence-corrected chi connectivity index (χ0v) is 17.0. The van der Waals surface area contributed by atoms with Crippen LogP contribution in [0.4, 0.5) is 0 Å². The molecule has 0 spiro atoms. The van der Waals surface area contributed by atoms with Gasteiger partial charge in [-0.2, -0.15) is 0 Å². The second-order valence-electron chi connectivity index (χ2n) is 8.55. The minimum Gasteiger partial charge on any atom is -0.354 e. The van der Waals surface area contributed by atoms with Crippen LogP contribution in [0.1, 0.15) is 56.6 Å². The van der Waals surface area contributed by atoms with Crippen molar-refractivity contribution in [3.63, 3.8) is 0 Å². The molecule has 3 aliphatic rings. The molecule has 0 aromatic heterocycles. The SMILES string of the molecule is O=C(CCN1C(=O)[C@H]2CCCC[C@@H]2C1=O)NC[C@H](c1ccccc1)N1CCCC1. The minimum absolute atomic E-state index is 0.0632. The lowest BCUT2D eigenvalue weighted by molar-refractivity contribution is -0.140. The molecule has 0 unspecified atom stereocenters. The highest BCUT2D eigenvalue weighted by Crippen LogP contribution is 2.38. The summed E-state index contributed by atoms with van der Waals surface area (Å²) < 4.78 is 0. The van der Waals surface area contributed by atoms with Gasteiger partial charge in [0, 0.05) is 19.5 Å². The summed E-state index contributed by atoms with van der Waals surface area (Å²) in [7, 11) is 0. The van der Waals surface area contributed by atoms with Crippen molar-refractivity contribution in [1.29, 1.82) is 0 Å². The predicted octanol–water partition coefficient (Wildman–Crippen LogP) is 2.50. The van der Waals surface area contributed by atoms with Crippen LogP contribution in [-0.2, 0) is 14.4 Å². The smallest absolute Gasteiger partial charge is 0.233 e. The van der Waals surface area contributed by atoms with Gasteiger partial charge < -0.3 is 5.32 Å². The monoisotopic (exact) mass is 397 g/mol. The van der Waals surface area contributed by atoms with Crippen molar-refractivity contribution in [1.82, 2.24) is 15.1 Å². The third-order valence-electron chi connectivity index (χ3n) is 6.75. The van der Waals surface area contributed by atoms with Crippen LogP contribution in [0, 0.1) is 11.8 Å². The number of nitrogens with zero attached hydrogens (tertiary/aromatic N) is 2. The number of rotatable bonds is 7. The molecule has 4 rings (SSSR count). The largest absolute Gasteiger partial charge is 0.354 e. The lowest BCUT2D eigenvalue weighted by atomic mass is 9.81. The Hall–Kier alpha value is -2.21. The van der Waals surface area contributed by atoms with Crippen molar-refractivity contribution < 1.29 is 14.4 Å². The molecule has 3 fully saturated rings. The molecule has 0 radical (unpaired) electrons. The Morgan fingerprint density at radius 3 is 2.21 bits per heavy atom. The Balaban J connectivity index is 1.31. The summed E-state index contributed by atoms with van der Waals surface area (Å²) in [5.41, 5.74) is 1.21. The molecule has 2 heterocycles. The molecule has 1 aromatic rings. The highest BCUT2D eigenvalue weighted by molar-refractivity contribution is 6.05. The van der Waals surface area contributed by atoms with E-state index in [1.165, 1.54) is 23.3 Å². The van der Waals surface area contributed by atoms with Gasteiger partial charge in [-0.3, -0.25) is 24.2 Å². The average molecular weight is 398 g/mol. The van der Waals surface area contributed by atoms with Crippen LogP contribution in [0.15, 0.2) is 30.3 Å². The zero-order valence-electron chi connectivity index (χ0n) is 17.0. The van der Waals surface area contributed by atoms with Gasteiger partial charge in [0.1, 0.15) is 0 Å². The Morgan fingerprint density at radius 2 is 1.59 bits per heavy atom. The van der Waals surface area contributed by atoms with Crippen LogP contribution in [0.3, 0.4) is 0 Å². The first-order chi connectivity index (χ1) is 14.1. The van der Waals surface area contributed by atoms with E-state index >= 15 is 0 Å². The number of nitrogens with one attached hydrogen (secondary N) is 1. The molecular formula is C23H31N3O3. The third-order valence-corrected chi connectivity index (χ3v) is 6.75. The second-order valence-corrected chi connectivity index (χ2v) is 8.55. The molecule has 6 heteroatoms. The van der Waals surface area contributed by atoms with Gasteiger partial charge in [-0.05, 0) is 44.3 Å². The fourth-order valence-electron chi connectivity index (χ4n) is 5.15. The number of likely N-dealkylation sites (tertiary alicyclic amines) is 2. The maximum atomic E-state index is 12.6. The lowest BCUT2D eigenvalue weighted by Gasteiger charge is -2.28. The van der Waals surface area contributed by atoms with E-state index in [1.807, 2.05) is 18.2 Å². The highest BCUT2D eigenvalue weighted by Gasteiger charge is 2.47. The number of imide groups is 1. The van der Waals surface area contributed by atoms with Crippen molar-refractivity contribution in [3.8, 4) is 0 Å². The van der Waals surface area contributed by atoms with E-state index in [4.69, 9.17) is 0 Å². The predicted molar refractivity (Wildman–Crippen MR) is 110 cm³/mol. The van der Waals surface area contributed by atoms with E-state index in [0.717, 1.165) is 38.8 Å². The highest BCUT2D eigenvalue weighted by atomic mass is 16.2. The first kappa shape index (κ1) is 20.1. The Labute approximate surface area is 172 Å². The zero-order chi connectivity index (χ0) is 20.2. The molecule has 6 nitrogen and oxygen atoms in total. The van der Waals surface area contributed by atoms with E-state index in [-0.39, 0.29) is 48.6 Å². The summed E-state index contributed by atoms with van der Waals surface area (Å²) >= 11 is 0. The minimum atomic E-state index is -0.142. The van der Waals surface area contributed by atoms with Crippen molar-refractivity contribution in [2.24, 2.45) is 11.8 Å². The normalized spacial score (nSPS) is 25.9. The fourth-order valence-corrected chi connectivity index (χ4v) is 5.15. The first-order valence-electron chi connectivity index (χ1n) is 11.1. The van der Waals surface area contributed by atoms with Gasteiger partial charge in [0.2, 0.25) is 17.7 Å². The van der Waals surface area contributed by atoms with Gasteiger partial charge in [0.25, 0.3) is 0 Å². The van der Waals surface area contributed by atoms with E-state index < -0.39 is 0 Å². The van der Waals surface area contributed by atoms with Crippen LogP contribution >= 0.6 is 0 Å². The molecule has 1 aliphatic carbocycles. The number of hydrogen-bond acceptors (Lipinski definition) is 4. The maximum absolute atomic E-state index is 12.6. The number of fused-ring (bicyclic) bond motifs is 1. The number of carbonyl (C=O) groups excluding carboxylic acids is 3. The quantitative estimate of drug-likeness (QED) is 0.718. The Morgan fingerprint density at radius 1 is 0.966 bits per heavy atom. The Kier molecular flexibility index (Phi) is 6.28. The standard InChI is InChI=1S/C23H31N3O3/c27-21(12-15-26-22(28)18-10-4-5-11-19(18)23(26)29)24-16-20(25-13-6-7-14-25)17-8-2-1-3-9-17/h1-3,8-9,18-20H,4-7,10-16H2,(H,24,27)/t18-,19-,20+/m0/s1. The number of benzene rings is 1. The number of hydrogen-bond donors (Lipinski definition) is 1. The van der Waals surface area contributed by atoms with Gasteiger partial charge in [-0.15, -0.1) is 0 Å². The van der Waals surface area contributed by atoms with Crippen LogP contribution < -0.4 is 5.32 Å². The maximum Gasteiger partial charge on any atom is 0.233 e. The van der Waals surface area contributed by atoms with Crippen LogP contribution in [0.25, 0.3) is 0 Å². The second kappa shape index (κ2) is 9.08. The van der Waals surface area contributed by atoms with Crippen LogP contribution in [-0.4, -0.2) is 53.7 Å². The van der Waals surface area contributed by atoms with Crippen molar-refractivity contribution >= 4 is 17.7 Å². The first-order valence-corrected chi connectivity index (χ1v) is 11.1. The van der Waals surface area contributed by atoms with Crippen molar-refractivity contribution in [2.45, 2.75) is 51.0 Å². The summed E-state index contributed by atoms with van der Waals surface area (Å²) in [4.78, 5) is 41.4. The van der Waals surface area contributed by atoms with E-state index in [1.54, 1.807) is 0 Å². The van der Waals surface area contributed by atoms with E-state index in [0.29, 0.717) is 6.54 Å². The average Bonchev–Trinajstić information content (AvgIpc) is 3.36.